The largest absolute Gasteiger partial charge is 0.382 e. The van der Waals surface area contributed by atoms with Crippen molar-refractivity contribution in [3.8, 4) is 0 Å². The molecule has 160 valence electrons. The van der Waals surface area contributed by atoms with Gasteiger partial charge in [-0.3, -0.25) is 9.59 Å². The maximum absolute atomic E-state index is 13.5. The molecule has 3 atom stereocenters. The number of rotatable bonds is 6. The molecule has 2 aromatic rings. The van der Waals surface area contributed by atoms with Gasteiger partial charge >= 0.3 is 0 Å². The van der Waals surface area contributed by atoms with E-state index < -0.39 is 0 Å². The van der Waals surface area contributed by atoms with Gasteiger partial charge in [0.2, 0.25) is 11.8 Å². The van der Waals surface area contributed by atoms with Gasteiger partial charge in [0.25, 0.3) is 0 Å². The highest BCUT2D eigenvalue weighted by Crippen LogP contribution is 2.44. The molecule has 3 aliphatic heterocycles. The third-order valence-corrected chi connectivity index (χ3v) is 6.77. The van der Waals surface area contributed by atoms with E-state index in [0.29, 0.717) is 32.7 Å². The smallest absolute Gasteiger partial charge is 0.228 e. The summed E-state index contributed by atoms with van der Waals surface area (Å²) in [7, 11) is 0. The molecule has 0 unspecified atom stereocenters. The van der Waals surface area contributed by atoms with Crippen LogP contribution < -0.4 is 0 Å². The number of amides is 2. The Balaban J connectivity index is 1.33. The maximum Gasteiger partial charge on any atom is 0.228 e. The predicted octanol–water partition coefficient (Wildman–Crippen LogP) is 1.90. The summed E-state index contributed by atoms with van der Waals surface area (Å²) in [4.78, 5) is 34.4. The lowest BCUT2D eigenvalue weighted by atomic mass is 9.96. The van der Waals surface area contributed by atoms with Gasteiger partial charge in [0.1, 0.15) is 0 Å². The minimum atomic E-state index is -0.238. The van der Waals surface area contributed by atoms with Gasteiger partial charge in [0.05, 0.1) is 23.3 Å². The van der Waals surface area contributed by atoms with E-state index in [1.807, 2.05) is 35.5 Å². The molecule has 2 bridgehead atoms. The molecule has 5 rings (SSSR count). The van der Waals surface area contributed by atoms with Crippen LogP contribution in [0.15, 0.2) is 12.3 Å². The lowest BCUT2D eigenvalue weighted by Gasteiger charge is -2.37. The van der Waals surface area contributed by atoms with Gasteiger partial charge in [-0.2, -0.15) is 5.10 Å². The van der Waals surface area contributed by atoms with E-state index in [-0.39, 0.29) is 29.8 Å². The third-order valence-electron chi connectivity index (χ3n) is 6.77. The maximum atomic E-state index is 13.5. The predicted molar refractivity (Wildman–Crippen MR) is 110 cm³/mol. The highest BCUT2D eigenvalue weighted by Gasteiger charge is 2.47. The molecule has 2 fully saturated rings. The Labute approximate surface area is 176 Å². The number of ether oxygens (including phenoxy) is 1. The second kappa shape index (κ2) is 7.65. The van der Waals surface area contributed by atoms with Crippen LogP contribution in [0, 0.1) is 12.8 Å². The second-order valence-corrected chi connectivity index (χ2v) is 8.70. The minimum absolute atomic E-state index is 0.0507. The van der Waals surface area contributed by atoms with E-state index in [1.54, 1.807) is 0 Å². The van der Waals surface area contributed by atoms with Crippen molar-refractivity contribution in [1.82, 2.24) is 24.4 Å². The lowest BCUT2D eigenvalue weighted by Crippen LogP contribution is -2.46. The summed E-state index contributed by atoms with van der Waals surface area (Å²) < 4.78 is 7.33. The highest BCUT2D eigenvalue weighted by atomic mass is 16.5. The summed E-state index contributed by atoms with van der Waals surface area (Å²) in [6, 6.07) is 2.23. The van der Waals surface area contributed by atoms with E-state index in [2.05, 4.69) is 15.0 Å². The minimum Gasteiger partial charge on any atom is -0.382 e. The molecule has 3 aliphatic rings. The molecule has 2 saturated heterocycles. The first-order valence-electron chi connectivity index (χ1n) is 11.1. The molecule has 8 nitrogen and oxygen atoms in total. The van der Waals surface area contributed by atoms with Crippen molar-refractivity contribution in [2.75, 3.05) is 26.3 Å². The zero-order valence-electron chi connectivity index (χ0n) is 17.7. The van der Waals surface area contributed by atoms with Crippen LogP contribution in [0.3, 0.4) is 0 Å². The third kappa shape index (κ3) is 3.17. The van der Waals surface area contributed by atoms with Crippen LogP contribution in [-0.4, -0.2) is 68.6 Å². The van der Waals surface area contributed by atoms with Crippen molar-refractivity contribution < 1.29 is 14.3 Å². The van der Waals surface area contributed by atoms with Crippen molar-refractivity contribution >= 4 is 17.5 Å². The topological polar surface area (TPSA) is 80.0 Å². The van der Waals surface area contributed by atoms with Gasteiger partial charge in [-0.25, -0.2) is 9.50 Å². The highest BCUT2D eigenvalue weighted by molar-refractivity contribution is 5.90. The Morgan fingerprint density at radius 1 is 1.30 bits per heavy atom. The number of nitrogens with zero attached hydrogens (tertiary/aromatic N) is 5. The Morgan fingerprint density at radius 2 is 2.17 bits per heavy atom. The number of carbonyl (C=O) groups is 2. The van der Waals surface area contributed by atoms with Crippen molar-refractivity contribution in [1.29, 1.82) is 0 Å². The number of hydrogen-bond donors (Lipinski definition) is 0. The average molecular weight is 412 g/mol. The van der Waals surface area contributed by atoms with Crippen LogP contribution in [-0.2, 0) is 20.7 Å². The van der Waals surface area contributed by atoms with Gasteiger partial charge in [-0.1, -0.05) is 0 Å². The van der Waals surface area contributed by atoms with Crippen LogP contribution in [0.2, 0.25) is 0 Å². The lowest BCUT2D eigenvalue weighted by molar-refractivity contribution is -0.139. The average Bonchev–Trinajstić information content (AvgIpc) is 3.39. The second-order valence-electron chi connectivity index (χ2n) is 8.70. The standard InChI is InChI=1S/C22H29N5O3/c1-3-30-8-4-7-25-13-15(10-21(25)28)22(29)26-16-5-6-18(26)17-12-23-20-9-14(2)24-27(20)19(17)11-16/h9,12,15-16,18H,3-8,10-11,13H2,1-2H3/t15-,16+,18+/m1/s1. The first kappa shape index (κ1) is 19.5. The summed E-state index contributed by atoms with van der Waals surface area (Å²) in [5.74, 6) is -0.0200. The molecule has 0 aliphatic carbocycles. The van der Waals surface area contributed by atoms with E-state index in [1.165, 1.54) is 5.69 Å². The monoisotopic (exact) mass is 411 g/mol. The molecule has 0 aromatic carbocycles. The Kier molecular flexibility index (Phi) is 4.97. The van der Waals surface area contributed by atoms with Crippen molar-refractivity contribution in [3.63, 3.8) is 0 Å². The summed E-state index contributed by atoms with van der Waals surface area (Å²) in [6.45, 7) is 6.48. The van der Waals surface area contributed by atoms with Crippen molar-refractivity contribution in [2.45, 2.75) is 58.0 Å². The molecule has 30 heavy (non-hydrogen) atoms. The first-order chi connectivity index (χ1) is 14.6. The van der Waals surface area contributed by atoms with Gasteiger partial charge in [0.15, 0.2) is 5.65 Å². The molecule has 8 heteroatoms. The number of likely N-dealkylation sites (tertiary alicyclic amines) is 1. The molecule has 2 aromatic heterocycles. The zero-order valence-corrected chi connectivity index (χ0v) is 17.7. The zero-order chi connectivity index (χ0) is 20.8. The molecule has 0 saturated carbocycles. The molecule has 2 amide bonds. The number of hydrogen-bond acceptors (Lipinski definition) is 5. The van der Waals surface area contributed by atoms with Gasteiger partial charge in [0, 0.05) is 63.0 Å². The summed E-state index contributed by atoms with van der Waals surface area (Å²) in [5.41, 5.74) is 4.13. The van der Waals surface area contributed by atoms with Gasteiger partial charge in [-0.15, -0.1) is 0 Å². The van der Waals surface area contributed by atoms with E-state index >= 15 is 0 Å². The summed E-state index contributed by atoms with van der Waals surface area (Å²) in [6.07, 6.45) is 5.81. The summed E-state index contributed by atoms with van der Waals surface area (Å²) in [5, 5.41) is 4.62. The molecule has 0 N–H and O–H groups in total. The number of aromatic nitrogens is 3. The van der Waals surface area contributed by atoms with E-state index in [0.717, 1.165) is 42.6 Å². The quantitative estimate of drug-likeness (QED) is 0.679. The number of carbonyl (C=O) groups excluding carboxylic acids is 2. The molecule has 0 radical (unpaired) electrons. The van der Waals surface area contributed by atoms with Crippen LogP contribution >= 0.6 is 0 Å². The first-order valence-corrected chi connectivity index (χ1v) is 11.1. The summed E-state index contributed by atoms with van der Waals surface area (Å²) >= 11 is 0. The molecular weight excluding hydrogens is 382 g/mol. The van der Waals surface area contributed by atoms with Crippen molar-refractivity contribution in [2.24, 2.45) is 5.92 Å². The molecule has 5 heterocycles. The molecule has 0 spiro atoms. The van der Waals surface area contributed by atoms with Crippen LogP contribution in [0.1, 0.15) is 55.6 Å². The fourth-order valence-corrected chi connectivity index (χ4v) is 5.40. The van der Waals surface area contributed by atoms with Crippen molar-refractivity contribution in [3.05, 3.63) is 29.2 Å². The fraction of sp³-hybridized carbons (Fsp3) is 0.636. The fourth-order valence-electron chi connectivity index (χ4n) is 5.40. The SMILES string of the molecule is CCOCCCN1C[C@H](C(=O)N2[C@H]3CC[C@H]2c2cnc4cc(C)nn4c2C3)CC1=O. The Bertz CT molecular complexity index is 987. The molecular formula is C22H29N5O3. The van der Waals surface area contributed by atoms with E-state index in [4.69, 9.17) is 4.74 Å². The normalized spacial score (nSPS) is 25.4. The van der Waals surface area contributed by atoms with E-state index in [9.17, 15) is 9.59 Å². The van der Waals surface area contributed by atoms with Crippen LogP contribution in [0.25, 0.3) is 5.65 Å². The van der Waals surface area contributed by atoms with Crippen LogP contribution in [0.4, 0.5) is 0 Å². The number of fused-ring (bicyclic) bond motifs is 6. The number of aryl methyl sites for hydroxylation is 1. The van der Waals surface area contributed by atoms with Gasteiger partial charge in [-0.05, 0) is 33.1 Å². The van der Waals surface area contributed by atoms with Crippen LogP contribution in [0.5, 0.6) is 0 Å². The Morgan fingerprint density at radius 3 is 3.00 bits per heavy atom. The Hall–Kier alpha value is -2.48. The van der Waals surface area contributed by atoms with Gasteiger partial charge < -0.3 is 14.5 Å².